The van der Waals surface area contributed by atoms with Crippen molar-refractivity contribution in [1.82, 2.24) is 4.98 Å². The number of alkyl halides is 5. The molecule has 38 heavy (non-hydrogen) atoms. The van der Waals surface area contributed by atoms with Crippen LogP contribution in [-0.4, -0.2) is 35.6 Å². The molecule has 0 amide bonds. The molecular weight excluding hydrogens is 503 g/mol. The third-order valence-corrected chi connectivity index (χ3v) is 6.13. The fraction of sp³-hybridized carbons (Fsp3) is 0.519. The van der Waals surface area contributed by atoms with Gasteiger partial charge >= 0.3 is 6.18 Å². The Morgan fingerprint density at radius 1 is 1.21 bits per heavy atom. The minimum Gasteiger partial charge on any atom is -0.404 e. The standard InChI is InChI=1S/C25H34F2N6.C2H3F3/c1-4-15(2)22(29)11-24(32-16(3)25(26)27)33-23-10-20(17-6-5-7-17)21(14-31-23)18(12-28)13-30-19-8-9-19;1-2(3,4)5/h10-14,17,19,25H,4-9,28-29H2,1-3H3,(H,31,33);1H3/b18-12+,22-15-,24-11+,30-13?,32-16+;. The number of aliphatic imine (C=N–C) groups is 2. The predicted molar refractivity (Wildman–Crippen MR) is 144 cm³/mol. The van der Waals surface area contributed by atoms with Crippen LogP contribution in [0.3, 0.4) is 0 Å². The number of hydrogen-bond acceptors (Lipinski definition) is 6. The summed E-state index contributed by atoms with van der Waals surface area (Å²) >= 11 is 0. The lowest BCUT2D eigenvalue weighted by Gasteiger charge is -2.28. The quantitative estimate of drug-likeness (QED) is 0.168. The van der Waals surface area contributed by atoms with Gasteiger partial charge in [-0.25, -0.2) is 18.8 Å². The summed E-state index contributed by atoms with van der Waals surface area (Å²) in [7, 11) is 0. The van der Waals surface area contributed by atoms with Gasteiger partial charge in [-0.05, 0) is 63.5 Å². The molecule has 11 heteroatoms. The molecule has 1 heterocycles. The topological polar surface area (TPSA) is 102 Å². The van der Waals surface area contributed by atoms with Gasteiger partial charge in [0.1, 0.15) is 11.6 Å². The van der Waals surface area contributed by atoms with Crippen LogP contribution in [-0.2, 0) is 0 Å². The molecule has 2 aliphatic rings. The first-order valence-electron chi connectivity index (χ1n) is 12.6. The van der Waals surface area contributed by atoms with Gasteiger partial charge in [0.2, 0.25) is 0 Å². The molecule has 6 nitrogen and oxygen atoms in total. The Bertz CT molecular complexity index is 1090. The van der Waals surface area contributed by atoms with E-state index in [0.29, 0.717) is 23.5 Å². The van der Waals surface area contributed by atoms with Crippen molar-refractivity contribution in [2.45, 2.75) is 90.8 Å². The SMILES string of the molecule is CC(F)(F)F.CC/C(C)=C(N)/C=C(\N=C(/C)C(F)F)Nc1cc(C2CCC2)c(/C(C=NC2CC2)=C/N)cn1. The normalized spacial score (nSPS) is 18.2. The van der Waals surface area contributed by atoms with Gasteiger partial charge in [0.05, 0.1) is 11.8 Å². The van der Waals surface area contributed by atoms with E-state index in [1.807, 2.05) is 26.1 Å². The second kappa shape index (κ2) is 14.1. The van der Waals surface area contributed by atoms with E-state index < -0.39 is 12.6 Å². The number of rotatable bonds is 10. The summed E-state index contributed by atoms with van der Waals surface area (Å²) in [5.41, 5.74) is 16.1. The average Bonchev–Trinajstić information content (AvgIpc) is 3.62. The molecule has 0 unspecified atom stereocenters. The molecule has 0 saturated heterocycles. The van der Waals surface area contributed by atoms with E-state index in [4.69, 9.17) is 11.5 Å². The van der Waals surface area contributed by atoms with Crippen LogP contribution in [0.1, 0.15) is 83.3 Å². The summed E-state index contributed by atoms with van der Waals surface area (Å²) in [6, 6.07) is 2.36. The number of anilines is 1. The number of nitrogens with two attached hydrogens (primary N) is 2. The highest BCUT2D eigenvalue weighted by Crippen LogP contribution is 2.40. The average molecular weight is 541 g/mol. The van der Waals surface area contributed by atoms with Gasteiger partial charge in [0.25, 0.3) is 6.43 Å². The maximum atomic E-state index is 13.2. The molecule has 3 rings (SSSR count). The lowest BCUT2D eigenvalue weighted by atomic mass is 9.77. The van der Waals surface area contributed by atoms with Gasteiger partial charge in [-0.3, -0.25) is 4.99 Å². The van der Waals surface area contributed by atoms with Crippen LogP contribution in [0.15, 0.2) is 51.6 Å². The molecule has 2 aliphatic carbocycles. The maximum absolute atomic E-state index is 13.2. The second-order valence-electron chi connectivity index (χ2n) is 9.49. The zero-order valence-corrected chi connectivity index (χ0v) is 22.2. The minimum absolute atomic E-state index is 0.188. The fourth-order valence-electron chi connectivity index (χ4n) is 3.39. The monoisotopic (exact) mass is 540 g/mol. The third kappa shape index (κ3) is 10.6. The number of halogens is 5. The predicted octanol–water partition coefficient (Wildman–Crippen LogP) is 7.07. The van der Waals surface area contributed by atoms with Crippen molar-refractivity contribution in [2.24, 2.45) is 21.5 Å². The number of hydrogen-bond donors (Lipinski definition) is 3. The van der Waals surface area contributed by atoms with Crippen molar-refractivity contribution in [2.75, 3.05) is 5.32 Å². The summed E-state index contributed by atoms with van der Waals surface area (Å²) in [5, 5.41) is 3.09. The lowest BCUT2D eigenvalue weighted by Crippen LogP contribution is -2.14. The van der Waals surface area contributed by atoms with Crippen molar-refractivity contribution in [1.29, 1.82) is 0 Å². The van der Waals surface area contributed by atoms with Gasteiger partial charge in [-0.1, -0.05) is 18.9 Å². The first-order chi connectivity index (χ1) is 17.8. The first kappa shape index (κ1) is 31.0. The molecule has 2 saturated carbocycles. The Labute approximate surface area is 220 Å². The smallest absolute Gasteiger partial charge is 0.386 e. The van der Waals surface area contributed by atoms with Gasteiger partial charge in [-0.15, -0.1) is 0 Å². The molecule has 5 N–H and O–H groups in total. The van der Waals surface area contributed by atoms with Crippen molar-refractivity contribution in [3.63, 3.8) is 0 Å². The van der Waals surface area contributed by atoms with Crippen LogP contribution in [0.5, 0.6) is 0 Å². The zero-order chi connectivity index (χ0) is 28.5. The van der Waals surface area contributed by atoms with Gasteiger partial charge < -0.3 is 16.8 Å². The number of nitrogens with one attached hydrogen (secondary N) is 1. The molecule has 1 aromatic heterocycles. The Kier molecular flexibility index (Phi) is 11.5. The molecule has 0 aromatic carbocycles. The summed E-state index contributed by atoms with van der Waals surface area (Å²) in [6.45, 7) is 5.36. The van der Waals surface area contributed by atoms with Crippen molar-refractivity contribution in [3.05, 3.63) is 52.8 Å². The van der Waals surface area contributed by atoms with Crippen molar-refractivity contribution < 1.29 is 22.0 Å². The molecule has 210 valence electrons. The van der Waals surface area contributed by atoms with Gasteiger partial charge in [0, 0.05) is 48.4 Å². The Hall–Kier alpha value is -3.24. The Morgan fingerprint density at radius 3 is 2.32 bits per heavy atom. The summed E-state index contributed by atoms with van der Waals surface area (Å²) < 4.78 is 57.4. The number of allylic oxidation sites excluding steroid dienone is 3. The highest BCUT2D eigenvalue weighted by atomic mass is 19.4. The van der Waals surface area contributed by atoms with Crippen LogP contribution in [0.2, 0.25) is 0 Å². The van der Waals surface area contributed by atoms with Crippen LogP contribution in [0.4, 0.5) is 27.8 Å². The van der Waals surface area contributed by atoms with E-state index in [1.54, 1.807) is 18.5 Å². The van der Waals surface area contributed by atoms with Crippen molar-refractivity contribution in [3.8, 4) is 0 Å². The Balaban J connectivity index is 0.000000926. The minimum atomic E-state index is -4.00. The van der Waals surface area contributed by atoms with Crippen LogP contribution < -0.4 is 16.8 Å². The van der Waals surface area contributed by atoms with Gasteiger partial charge in [-0.2, -0.15) is 13.2 Å². The van der Waals surface area contributed by atoms with E-state index in [0.717, 1.165) is 54.4 Å². The number of nitrogens with zero attached hydrogens (tertiary/aromatic N) is 3. The second-order valence-corrected chi connectivity index (χ2v) is 9.49. The zero-order valence-electron chi connectivity index (χ0n) is 22.2. The molecular formula is C27H37F5N6. The molecule has 1 aromatic rings. The van der Waals surface area contributed by atoms with E-state index >= 15 is 0 Å². The van der Waals surface area contributed by atoms with Crippen molar-refractivity contribution >= 4 is 23.3 Å². The molecule has 0 spiro atoms. The third-order valence-electron chi connectivity index (χ3n) is 6.13. The van der Waals surface area contributed by atoms with E-state index in [1.165, 1.54) is 13.3 Å². The number of aromatic nitrogens is 1. The summed E-state index contributed by atoms with van der Waals surface area (Å²) in [6.07, 6.45) is 6.44. The van der Waals surface area contributed by atoms with Gasteiger partial charge in [0.15, 0.2) is 0 Å². The molecule has 2 fully saturated rings. The fourth-order valence-corrected chi connectivity index (χ4v) is 3.39. The highest BCUT2D eigenvalue weighted by Gasteiger charge is 2.25. The maximum Gasteiger partial charge on any atom is 0.386 e. The first-order valence-corrected chi connectivity index (χ1v) is 12.6. The lowest BCUT2D eigenvalue weighted by molar-refractivity contribution is -0.110. The Morgan fingerprint density at radius 2 is 1.84 bits per heavy atom. The molecule has 0 radical (unpaired) electrons. The van der Waals surface area contributed by atoms with E-state index in [-0.39, 0.29) is 18.5 Å². The largest absolute Gasteiger partial charge is 0.404 e. The molecule has 0 bridgehead atoms. The van der Waals surface area contributed by atoms with Crippen LogP contribution in [0, 0.1) is 0 Å². The van der Waals surface area contributed by atoms with Crippen LogP contribution in [0.25, 0.3) is 5.57 Å². The van der Waals surface area contributed by atoms with Crippen LogP contribution >= 0.6 is 0 Å². The highest BCUT2D eigenvalue weighted by molar-refractivity contribution is 6.10. The summed E-state index contributed by atoms with van der Waals surface area (Å²) in [5.74, 6) is 1.15. The summed E-state index contributed by atoms with van der Waals surface area (Å²) in [4.78, 5) is 13.2. The molecule has 0 aliphatic heterocycles. The molecule has 0 atom stereocenters. The van der Waals surface area contributed by atoms with E-state index in [9.17, 15) is 22.0 Å². The van der Waals surface area contributed by atoms with E-state index in [2.05, 4.69) is 20.3 Å². The number of pyridine rings is 1.